The van der Waals surface area contributed by atoms with E-state index in [0.717, 1.165) is 5.69 Å². The predicted octanol–water partition coefficient (Wildman–Crippen LogP) is 2.12. The van der Waals surface area contributed by atoms with Crippen molar-refractivity contribution in [1.29, 1.82) is 0 Å². The lowest BCUT2D eigenvalue weighted by atomic mass is 10.1. The van der Waals surface area contributed by atoms with Gasteiger partial charge in [-0.3, -0.25) is 15.1 Å². The summed E-state index contributed by atoms with van der Waals surface area (Å²) in [7, 11) is -3.82. The van der Waals surface area contributed by atoms with Gasteiger partial charge in [0.2, 0.25) is 10.0 Å². The number of sulfonamides is 1. The molecule has 1 saturated heterocycles. The highest BCUT2D eigenvalue weighted by Crippen LogP contribution is 2.33. The molecule has 29 heavy (non-hydrogen) atoms. The van der Waals surface area contributed by atoms with Crippen LogP contribution in [-0.4, -0.2) is 44.5 Å². The number of anilines is 2. The van der Waals surface area contributed by atoms with E-state index < -0.39 is 14.9 Å². The van der Waals surface area contributed by atoms with Crippen LogP contribution in [0.15, 0.2) is 59.6 Å². The Kier molecular flexibility index (Phi) is 4.81. The van der Waals surface area contributed by atoms with Crippen LogP contribution >= 0.6 is 0 Å². The molecule has 150 valence electrons. The van der Waals surface area contributed by atoms with Crippen molar-refractivity contribution < 1.29 is 13.3 Å². The number of aromatic nitrogens is 1. The Bertz CT molecular complexity index is 1190. The lowest BCUT2D eigenvalue weighted by Gasteiger charge is -2.38. The zero-order chi connectivity index (χ0) is 20.6. The lowest BCUT2D eigenvalue weighted by molar-refractivity contribution is -0.383. The molecule has 1 fully saturated rings. The smallest absolute Gasteiger partial charge is 0.278 e. The van der Waals surface area contributed by atoms with Gasteiger partial charge >= 0.3 is 0 Å². The Balaban J connectivity index is 1.62. The molecule has 0 amide bonds. The van der Waals surface area contributed by atoms with Gasteiger partial charge in [0.05, 0.1) is 21.7 Å². The zero-order valence-corrected chi connectivity index (χ0v) is 16.2. The molecule has 9 nitrogen and oxygen atoms in total. The first-order valence-corrected chi connectivity index (χ1v) is 10.5. The third-order valence-corrected chi connectivity index (χ3v) is 6.01. The first kappa shape index (κ1) is 19.1. The summed E-state index contributed by atoms with van der Waals surface area (Å²) in [6.07, 6.45) is 1.62. The molecule has 4 rings (SSSR count). The maximum atomic E-state index is 11.9. The molecule has 0 radical (unpaired) electrons. The Morgan fingerprint density at radius 3 is 2.24 bits per heavy atom. The lowest BCUT2D eigenvalue weighted by Crippen LogP contribution is -2.47. The molecule has 0 bridgehead atoms. The number of non-ortho nitro benzene ring substituents is 1. The van der Waals surface area contributed by atoms with Gasteiger partial charge in [-0.2, -0.15) is 0 Å². The van der Waals surface area contributed by atoms with Gasteiger partial charge in [0.25, 0.3) is 5.69 Å². The van der Waals surface area contributed by atoms with Crippen LogP contribution in [0.25, 0.3) is 10.9 Å². The van der Waals surface area contributed by atoms with Crippen LogP contribution in [0.2, 0.25) is 0 Å². The monoisotopic (exact) mass is 413 g/mol. The number of rotatable bonds is 4. The van der Waals surface area contributed by atoms with Gasteiger partial charge in [-0.1, -0.05) is 12.1 Å². The van der Waals surface area contributed by atoms with E-state index in [1.807, 2.05) is 4.90 Å². The number of primary sulfonamides is 1. The number of hydrogen-bond donors (Lipinski definition) is 1. The number of nitrogens with two attached hydrogens (primary N) is 1. The maximum absolute atomic E-state index is 11.9. The van der Waals surface area contributed by atoms with E-state index in [4.69, 9.17) is 5.14 Å². The van der Waals surface area contributed by atoms with E-state index in [9.17, 15) is 18.5 Å². The quantitative estimate of drug-likeness (QED) is 0.513. The van der Waals surface area contributed by atoms with E-state index in [1.165, 1.54) is 12.1 Å². The summed E-state index contributed by atoms with van der Waals surface area (Å²) in [5, 5.41) is 17.2. The van der Waals surface area contributed by atoms with Crippen molar-refractivity contribution in [3.63, 3.8) is 0 Å². The summed E-state index contributed by atoms with van der Waals surface area (Å²) in [4.78, 5) is 19.5. The number of nitrogens with zero attached hydrogens (tertiary/aromatic N) is 4. The molecule has 1 aromatic heterocycles. The second kappa shape index (κ2) is 7.30. The second-order valence-corrected chi connectivity index (χ2v) is 8.28. The van der Waals surface area contributed by atoms with Gasteiger partial charge < -0.3 is 9.80 Å². The van der Waals surface area contributed by atoms with Crippen LogP contribution in [0.1, 0.15) is 0 Å². The first-order chi connectivity index (χ1) is 13.9. The van der Waals surface area contributed by atoms with Gasteiger partial charge in [0, 0.05) is 38.4 Å². The van der Waals surface area contributed by atoms with Gasteiger partial charge in [-0.05, 0) is 30.3 Å². The highest BCUT2D eigenvalue weighted by Gasteiger charge is 2.25. The Morgan fingerprint density at radius 1 is 0.931 bits per heavy atom. The number of fused-ring (bicyclic) bond motifs is 1. The molecule has 0 spiro atoms. The fourth-order valence-corrected chi connectivity index (χ4v) is 4.46. The standard InChI is InChI=1S/C19H19N5O4S/c20-29(27,28)18-6-2-1-5-16(18)22-10-12-23(13-11-22)17-8-7-15(24(25)26)14-4-3-9-21-19(14)17/h1-9H,10-13H2,(H2,20,27,28). The van der Waals surface area contributed by atoms with Crippen LogP contribution in [-0.2, 0) is 10.0 Å². The van der Waals surface area contributed by atoms with E-state index in [2.05, 4.69) is 9.88 Å². The van der Waals surface area contributed by atoms with E-state index in [0.29, 0.717) is 42.8 Å². The van der Waals surface area contributed by atoms with Gasteiger partial charge in [-0.25, -0.2) is 13.6 Å². The summed E-state index contributed by atoms with van der Waals surface area (Å²) >= 11 is 0. The minimum absolute atomic E-state index is 0.0255. The SMILES string of the molecule is NS(=O)(=O)c1ccccc1N1CCN(c2ccc([N+](=O)[O-])c3cccnc23)CC1. The number of pyridine rings is 1. The largest absolute Gasteiger partial charge is 0.367 e. The molecule has 2 N–H and O–H groups in total. The summed E-state index contributed by atoms with van der Waals surface area (Å²) in [6, 6.07) is 13.3. The molecule has 0 saturated carbocycles. The zero-order valence-electron chi connectivity index (χ0n) is 15.4. The average Bonchev–Trinajstić information content (AvgIpc) is 2.72. The van der Waals surface area contributed by atoms with Crippen LogP contribution in [0.3, 0.4) is 0 Å². The van der Waals surface area contributed by atoms with Crippen molar-refractivity contribution in [2.75, 3.05) is 36.0 Å². The van der Waals surface area contributed by atoms with E-state index in [-0.39, 0.29) is 10.6 Å². The Labute approximate surface area is 167 Å². The fraction of sp³-hybridized carbons (Fsp3) is 0.211. The van der Waals surface area contributed by atoms with Crippen molar-refractivity contribution in [2.45, 2.75) is 4.90 Å². The molecular formula is C19H19N5O4S. The van der Waals surface area contributed by atoms with Crippen molar-refractivity contribution >= 4 is 38.0 Å². The molecular weight excluding hydrogens is 394 g/mol. The number of benzene rings is 2. The number of hydrogen-bond acceptors (Lipinski definition) is 7. The molecule has 3 aromatic rings. The molecule has 1 aliphatic rings. The van der Waals surface area contributed by atoms with E-state index >= 15 is 0 Å². The third kappa shape index (κ3) is 3.59. The van der Waals surface area contributed by atoms with Crippen molar-refractivity contribution in [3.05, 3.63) is 64.8 Å². The topological polar surface area (TPSA) is 123 Å². The molecule has 1 aliphatic heterocycles. The summed E-state index contributed by atoms with van der Waals surface area (Å²) in [5.74, 6) is 0. The van der Waals surface area contributed by atoms with Gasteiger partial charge in [0.1, 0.15) is 10.4 Å². The molecule has 0 atom stereocenters. The molecule has 0 unspecified atom stereocenters. The van der Waals surface area contributed by atoms with Crippen molar-refractivity contribution in [2.24, 2.45) is 5.14 Å². The summed E-state index contributed by atoms with van der Waals surface area (Å²) in [5.41, 5.74) is 2.02. The Morgan fingerprint density at radius 2 is 1.59 bits per heavy atom. The number of nitro benzene ring substituents is 1. The van der Waals surface area contributed by atoms with Gasteiger partial charge in [-0.15, -0.1) is 0 Å². The molecule has 0 aliphatic carbocycles. The minimum atomic E-state index is -3.82. The fourth-order valence-electron chi connectivity index (χ4n) is 3.70. The summed E-state index contributed by atoms with van der Waals surface area (Å²) < 4.78 is 23.8. The van der Waals surface area contributed by atoms with Crippen LogP contribution in [0, 0.1) is 10.1 Å². The number of para-hydroxylation sites is 1. The van der Waals surface area contributed by atoms with Crippen LogP contribution in [0.5, 0.6) is 0 Å². The summed E-state index contributed by atoms with van der Waals surface area (Å²) in [6.45, 7) is 2.39. The molecule has 2 heterocycles. The maximum Gasteiger partial charge on any atom is 0.278 e. The minimum Gasteiger partial charge on any atom is -0.367 e. The van der Waals surface area contributed by atoms with E-state index in [1.54, 1.807) is 42.6 Å². The van der Waals surface area contributed by atoms with Crippen molar-refractivity contribution in [3.8, 4) is 0 Å². The highest BCUT2D eigenvalue weighted by atomic mass is 32.2. The third-order valence-electron chi connectivity index (χ3n) is 5.05. The first-order valence-electron chi connectivity index (χ1n) is 9.00. The normalized spacial score (nSPS) is 14.9. The Hall–Kier alpha value is -3.24. The number of nitro groups is 1. The molecule has 2 aromatic carbocycles. The predicted molar refractivity (Wildman–Crippen MR) is 111 cm³/mol. The number of piperazine rings is 1. The highest BCUT2D eigenvalue weighted by molar-refractivity contribution is 7.89. The molecule has 10 heteroatoms. The second-order valence-electron chi connectivity index (χ2n) is 6.75. The van der Waals surface area contributed by atoms with Crippen LogP contribution in [0.4, 0.5) is 17.1 Å². The van der Waals surface area contributed by atoms with Gasteiger partial charge in [0.15, 0.2) is 0 Å². The van der Waals surface area contributed by atoms with Crippen LogP contribution < -0.4 is 14.9 Å². The van der Waals surface area contributed by atoms with Crippen molar-refractivity contribution in [1.82, 2.24) is 4.98 Å². The average molecular weight is 413 g/mol.